The summed E-state index contributed by atoms with van der Waals surface area (Å²) >= 11 is 6.11. The smallest absolute Gasteiger partial charge is 0.244 e. The molecule has 1 aromatic carbocycles. The van der Waals surface area contributed by atoms with E-state index in [0.717, 1.165) is 32.1 Å². The first-order valence-electron chi connectivity index (χ1n) is 10.3. The van der Waals surface area contributed by atoms with E-state index >= 15 is 0 Å². The molecule has 4 saturated carbocycles. The molecule has 0 unspecified atom stereocenters. The van der Waals surface area contributed by atoms with Crippen LogP contribution in [0.25, 0.3) is 0 Å². The fraction of sp³-hybridized carbons (Fsp3) is 0.591. The summed E-state index contributed by atoms with van der Waals surface area (Å²) in [7, 11) is 1.69. The number of nitrogens with zero attached hydrogens (tertiary/aromatic N) is 1. The first-order valence-corrected chi connectivity index (χ1v) is 10.7. The van der Waals surface area contributed by atoms with E-state index in [2.05, 4.69) is 10.6 Å². The van der Waals surface area contributed by atoms with Gasteiger partial charge in [-0.3, -0.25) is 14.4 Å². The molecule has 2 N–H and O–H groups in total. The number of nitrogens with one attached hydrogen (secondary N) is 2. The second kappa shape index (κ2) is 7.31. The van der Waals surface area contributed by atoms with Gasteiger partial charge >= 0.3 is 0 Å². The molecule has 0 spiro atoms. The summed E-state index contributed by atoms with van der Waals surface area (Å²) < 4.78 is 0. The van der Waals surface area contributed by atoms with Crippen molar-refractivity contribution in [1.29, 1.82) is 0 Å². The predicted molar refractivity (Wildman–Crippen MR) is 111 cm³/mol. The van der Waals surface area contributed by atoms with Gasteiger partial charge in [-0.1, -0.05) is 23.7 Å². The molecule has 7 heteroatoms. The summed E-state index contributed by atoms with van der Waals surface area (Å²) in [6, 6.07) is 7.04. The van der Waals surface area contributed by atoms with Crippen LogP contribution in [0.2, 0.25) is 5.02 Å². The minimum atomic E-state index is -0.466. The monoisotopic (exact) mass is 417 g/mol. The zero-order chi connectivity index (χ0) is 20.8. The van der Waals surface area contributed by atoms with Crippen LogP contribution in [0.1, 0.15) is 45.4 Å². The van der Waals surface area contributed by atoms with E-state index in [9.17, 15) is 14.4 Å². The number of halogens is 1. The van der Waals surface area contributed by atoms with Gasteiger partial charge < -0.3 is 15.5 Å². The second-order valence-electron chi connectivity index (χ2n) is 9.39. The van der Waals surface area contributed by atoms with Crippen LogP contribution in [0.5, 0.6) is 0 Å². The lowest BCUT2D eigenvalue weighted by molar-refractivity contribution is -0.162. The van der Waals surface area contributed by atoms with E-state index in [1.807, 2.05) is 0 Å². The number of anilines is 1. The van der Waals surface area contributed by atoms with Gasteiger partial charge in [0.25, 0.3) is 0 Å². The molecule has 0 heterocycles. The quantitative estimate of drug-likeness (QED) is 0.772. The highest BCUT2D eigenvalue weighted by Crippen LogP contribution is 2.62. The van der Waals surface area contributed by atoms with Crippen molar-refractivity contribution in [2.75, 3.05) is 18.9 Å². The van der Waals surface area contributed by atoms with Gasteiger partial charge in [0.1, 0.15) is 0 Å². The molecule has 0 saturated heterocycles. The lowest BCUT2D eigenvalue weighted by atomic mass is 9.46. The normalized spacial score (nSPS) is 32.0. The van der Waals surface area contributed by atoms with Crippen LogP contribution >= 0.6 is 11.6 Å². The molecule has 29 heavy (non-hydrogen) atoms. The van der Waals surface area contributed by atoms with Crippen molar-refractivity contribution in [1.82, 2.24) is 10.2 Å². The van der Waals surface area contributed by atoms with E-state index in [-0.39, 0.29) is 29.8 Å². The van der Waals surface area contributed by atoms with Crippen molar-refractivity contribution in [3.8, 4) is 0 Å². The number of hydrogen-bond acceptors (Lipinski definition) is 3. The van der Waals surface area contributed by atoms with Gasteiger partial charge in [-0.2, -0.15) is 0 Å². The summed E-state index contributed by atoms with van der Waals surface area (Å²) in [5, 5.41) is 6.43. The standard InChI is InChI=1S/C22H28ClN3O3/c1-14(27)25-22-10-15-7-16(11-22)9-21(8-15,13-22)20(29)26(2)12-19(28)24-18-6-4-3-5-17(18)23/h3-6,15-16H,7-13H2,1-2H3,(H,24,28)(H,25,27)/t15-,16-,21?,22?/m0/s1. The summed E-state index contributed by atoms with van der Waals surface area (Å²) in [4.78, 5) is 39.3. The van der Waals surface area contributed by atoms with Crippen LogP contribution in [0.15, 0.2) is 24.3 Å². The molecule has 4 aliphatic carbocycles. The molecule has 4 fully saturated rings. The number of likely N-dealkylation sites (N-methyl/N-ethyl adjacent to an activating group) is 1. The van der Waals surface area contributed by atoms with Gasteiger partial charge in [0.05, 0.1) is 22.7 Å². The van der Waals surface area contributed by atoms with E-state index in [1.54, 1.807) is 43.1 Å². The molecule has 1 aromatic rings. The number of para-hydroxylation sites is 1. The van der Waals surface area contributed by atoms with E-state index in [0.29, 0.717) is 29.0 Å². The average molecular weight is 418 g/mol. The van der Waals surface area contributed by atoms with Crippen molar-refractivity contribution in [2.45, 2.75) is 51.0 Å². The Morgan fingerprint density at radius 3 is 2.41 bits per heavy atom. The molecule has 6 nitrogen and oxygen atoms in total. The predicted octanol–water partition coefficient (Wildman–Crippen LogP) is 3.21. The van der Waals surface area contributed by atoms with Gasteiger partial charge in [-0.15, -0.1) is 0 Å². The highest BCUT2D eigenvalue weighted by molar-refractivity contribution is 6.33. The Kier molecular flexibility index (Phi) is 5.09. The highest BCUT2D eigenvalue weighted by atomic mass is 35.5. The number of hydrogen-bond donors (Lipinski definition) is 2. The zero-order valence-electron chi connectivity index (χ0n) is 17.0. The molecule has 4 aliphatic rings. The lowest BCUT2D eigenvalue weighted by Gasteiger charge is -2.61. The topological polar surface area (TPSA) is 78.5 Å². The van der Waals surface area contributed by atoms with Crippen molar-refractivity contribution < 1.29 is 14.4 Å². The van der Waals surface area contributed by atoms with Crippen LogP contribution in [-0.4, -0.2) is 41.8 Å². The molecular formula is C22H28ClN3O3. The molecule has 2 atom stereocenters. The maximum Gasteiger partial charge on any atom is 0.244 e. The first kappa shape index (κ1) is 20.2. The highest BCUT2D eigenvalue weighted by Gasteiger charge is 2.61. The van der Waals surface area contributed by atoms with Crippen LogP contribution in [0.3, 0.4) is 0 Å². The maximum absolute atomic E-state index is 13.5. The number of rotatable bonds is 5. The molecular weight excluding hydrogens is 390 g/mol. The molecule has 3 amide bonds. The van der Waals surface area contributed by atoms with Gasteiger partial charge in [0, 0.05) is 19.5 Å². The number of carbonyl (C=O) groups is 3. The number of carbonyl (C=O) groups excluding carboxylic acids is 3. The van der Waals surface area contributed by atoms with E-state index in [1.165, 1.54) is 0 Å². The first-order chi connectivity index (χ1) is 13.7. The maximum atomic E-state index is 13.5. The minimum Gasteiger partial charge on any atom is -0.351 e. The van der Waals surface area contributed by atoms with Gasteiger partial charge in [-0.25, -0.2) is 0 Å². The number of amides is 3. The Labute approximate surface area is 176 Å². The SMILES string of the molecule is CC(=O)NC12C[C@H]3C[C@H](C1)CC(C(=O)N(C)CC(=O)Nc1ccccc1Cl)(C3)C2. The Bertz CT molecular complexity index is 841. The van der Waals surface area contributed by atoms with Crippen molar-refractivity contribution in [3.05, 3.63) is 29.3 Å². The molecule has 156 valence electrons. The van der Waals surface area contributed by atoms with Gasteiger partial charge in [0.2, 0.25) is 17.7 Å². The third-order valence-electron chi connectivity index (χ3n) is 6.83. The summed E-state index contributed by atoms with van der Waals surface area (Å²) in [5.41, 5.74) is -0.183. The Morgan fingerprint density at radius 1 is 1.14 bits per heavy atom. The molecule has 0 aromatic heterocycles. The molecule has 0 aliphatic heterocycles. The van der Waals surface area contributed by atoms with Crippen molar-refractivity contribution in [2.24, 2.45) is 17.3 Å². The largest absolute Gasteiger partial charge is 0.351 e. The summed E-state index contributed by atoms with van der Waals surface area (Å²) in [5.74, 6) is 0.669. The molecule has 4 bridgehead atoms. The fourth-order valence-corrected chi connectivity index (χ4v) is 6.66. The third-order valence-corrected chi connectivity index (χ3v) is 7.16. The van der Waals surface area contributed by atoms with Crippen molar-refractivity contribution >= 4 is 35.0 Å². The lowest BCUT2D eigenvalue weighted by Crippen LogP contribution is -2.66. The minimum absolute atomic E-state index is 0.0196. The van der Waals surface area contributed by atoms with Crippen LogP contribution in [0.4, 0.5) is 5.69 Å². The average Bonchev–Trinajstić information content (AvgIpc) is 2.60. The Morgan fingerprint density at radius 2 is 1.79 bits per heavy atom. The van der Waals surface area contributed by atoms with E-state index < -0.39 is 5.41 Å². The van der Waals surface area contributed by atoms with Crippen LogP contribution in [0, 0.1) is 17.3 Å². The van der Waals surface area contributed by atoms with Crippen LogP contribution < -0.4 is 10.6 Å². The molecule has 0 radical (unpaired) electrons. The Hall–Kier alpha value is -2.08. The summed E-state index contributed by atoms with van der Waals surface area (Å²) in [6.07, 6.45) is 5.48. The number of benzene rings is 1. The fourth-order valence-electron chi connectivity index (χ4n) is 6.48. The van der Waals surface area contributed by atoms with Gasteiger partial charge in [-0.05, 0) is 62.5 Å². The third kappa shape index (κ3) is 3.87. The van der Waals surface area contributed by atoms with Crippen molar-refractivity contribution in [3.63, 3.8) is 0 Å². The second-order valence-corrected chi connectivity index (χ2v) is 9.80. The van der Waals surface area contributed by atoms with Gasteiger partial charge in [0.15, 0.2) is 0 Å². The molecule has 5 rings (SSSR count). The zero-order valence-corrected chi connectivity index (χ0v) is 17.7. The van der Waals surface area contributed by atoms with E-state index in [4.69, 9.17) is 11.6 Å². The summed E-state index contributed by atoms with van der Waals surface area (Å²) in [6.45, 7) is 1.53. The van der Waals surface area contributed by atoms with Crippen LogP contribution in [-0.2, 0) is 14.4 Å². The Balaban J connectivity index is 1.46.